The van der Waals surface area contributed by atoms with Gasteiger partial charge in [-0.2, -0.15) is 0 Å². The van der Waals surface area contributed by atoms with E-state index in [1.165, 1.54) is 0 Å². The predicted molar refractivity (Wildman–Crippen MR) is 113 cm³/mol. The van der Waals surface area contributed by atoms with Crippen LogP contribution in [0.25, 0.3) is 11.0 Å². The van der Waals surface area contributed by atoms with Gasteiger partial charge in [-0.05, 0) is 37.1 Å². The summed E-state index contributed by atoms with van der Waals surface area (Å²) >= 11 is 12.6. The van der Waals surface area contributed by atoms with Gasteiger partial charge in [0.1, 0.15) is 10.2 Å². The van der Waals surface area contributed by atoms with Crippen LogP contribution in [0.2, 0.25) is 0 Å². The minimum Gasteiger partial charge on any atom is -0.327 e. The summed E-state index contributed by atoms with van der Waals surface area (Å²) in [6.07, 6.45) is 1.26. The summed E-state index contributed by atoms with van der Waals surface area (Å²) in [7, 11) is 0. The van der Waals surface area contributed by atoms with Crippen LogP contribution in [-0.2, 0) is 11.3 Å². The first kappa shape index (κ1) is 18.0. The number of hydrogen-bond acceptors (Lipinski definition) is 2. The van der Waals surface area contributed by atoms with E-state index in [1.807, 2.05) is 54.3 Å². The number of aromatic nitrogens is 2. The Labute approximate surface area is 174 Å². The smallest absolute Gasteiger partial charge is 0.227 e. The summed E-state index contributed by atoms with van der Waals surface area (Å²) in [6, 6.07) is 16.1. The van der Waals surface area contributed by atoms with Gasteiger partial charge in [-0.3, -0.25) is 4.79 Å². The maximum Gasteiger partial charge on any atom is 0.227 e. The zero-order valence-electron chi connectivity index (χ0n) is 15.6. The summed E-state index contributed by atoms with van der Waals surface area (Å²) < 4.78 is 1.59. The Morgan fingerprint density at radius 2 is 1.86 bits per heavy atom. The number of halogens is 2. The van der Waals surface area contributed by atoms with Crippen LogP contribution in [0.3, 0.4) is 0 Å². The number of nitrogens with zero attached hydrogens (tertiary/aromatic N) is 3. The maximum absolute atomic E-state index is 12.8. The van der Waals surface area contributed by atoms with E-state index in [2.05, 4.69) is 10.6 Å². The van der Waals surface area contributed by atoms with E-state index in [1.54, 1.807) is 0 Å². The lowest BCUT2D eigenvalue weighted by Gasteiger charge is -2.19. The molecule has 0 spiro atoms. The molecule has 0 N–H and O–H groups in total. The summed E-state index contributed by atoms with van der Waals surface area (Å²) in [5.74, 6) is 1.38. The highest BCUT2D eigenvalue weighted by Crippen LogP contribution is 2.54. The number of para-hydroxylation sites is 3. The van der Waals surface area contributed by atoms with E-state index in [0.717, 1.165) is 41.1 Å². The molecule has 1 aromatic heterocycles. The number of rotatable bonds is 4. The fraction of sp³-hybridized carbons (Fsp3) is 0.364. The SMILES string of the molecule is Cc1ccccc1N1C[C@H](c2nc3ccccc3n2C[C@H]2CC2(Cl)Cl)CC1=O. The van der Waals surface area contributed by atoms with Crippen LogP contribution < -0.4 is 4.90 Å². The molecule has 0 radical (unpaired) electrons. The molecule has 1 saturated carbocycles. The third-order valence-electron chi connectivity index (χ3n) is 5.94. The van der Waals surface area contributed by atoms with Crippen LogP contribution >= 0.6 is 23.2 Å². The van der Waals surface area contributed by atoms with Crippen LogP contribution in [0.15, 0.2) is 48.5 Å². The molecule has 0 unspecified atom stereocenters. The highest BCUT2D eigenvalue weighted by molar-refractivity contribution is 6.50. The number of alkyl halides is 2. The normalized spacial score (nSPS) is 23.5. The zero-order valence-corrected chi connectivity index (χ0v) is 17.1. The van der Waals surface area contributed by atoms with Crippen molar-refractivity contribution in [3.8, 4) is 0 Å². The predicted octanol–water partition coefficient (Wildman–Crippen LogP) is 5.06. The largest absolute Gasteiger partial charge is 0.327 e. The fourth-order valence-corrected chi connectivity index (χ4v) is 4.78. The van der Waals surface area contributed by atoms with Gasteiger partial charge in [-0.25, -0.2) is 4.98 Å². The van der Waals surface area contributed by atoms with E-state index in [9.17, 15) is 4.79 Å². The molecule has 1 amide bonds. The highest BCUT2D eigenvalue weighted by Gasteiger charge is 2.52. The molecule has 2 aromatic carbocycles. The van der Waals surface area contributed by atoms with Crippen LogP contribution in [-0.4, -0.2) is 26.3 Å². The molecule has 4 nitrogen and oxygen atoms in total. The molecule has 2 atom stereocenters. The monoisotopic (exact) mass is 413 g/mol. The average molecular weight is 414 g/mol. The number of amides is 1. The van der Waals surface area contributed by atoms with Crippen LogP contribution in [0.5, 0.6) is 0 Å². The number of anilines is 1. The van der Waals surface area contributed by atoms with E-state index in [0.29, 0.717) is 13.0 Å². The number of carbonyl (C=O) groups is 1. The quantitative estimate of drug-likeness (QED) is 0.560. The second kappa shape index (κ2) is 6.50. The molecule has 1 aliphatic carbocycles. The van der Waals surface area contributed by atoms with Gasteiger partial charge in [0, 0.05) is 37.0 Å². The highest BCUT2D eigenvalue weighted by atomic mass is 35.5. The molecule has 5 rings (SSSR count). The summed E-state index contributed by atoms with van der Waals surface area (Å²) in [5.41, 5.74) is 4.13. The van der Waals surface area contributed by atoms with Gasteiger partial charge in [0.2, 0.25) is 5.91 Å². The van der Waals surface area contributed by atoms with Gasteiger partial charge >= 0.3 is 0 Å². The van der Waals surface area contributed by atoms with Crippen molar-refractivity contribution in [1.82, 2.24) is 9.55 Å². The van der Waals surface area contributed by atoms with Crippen molar-refractivity contribution < 1.29 is 4.79 Å². The molecule has 144 valence electrons. The Kier molecular flexibility index (Phi) is 4.18. The molecule has 2 aliphatic rings. The molecule has 3 aromatic rings. The zero-order chi connectivity index (χ0) is 19.5. The molecular formula is C22H21Cl2N3O. The van der Waals surface area contributed by atoms with Crippen LogP contribution in [0.1, 0.15) is 30.1 Å². The molecule has 2 fully saturated rings. The Morgan fingerprint density at radius 3 is 2.61 bits per heavy atom. The second-order valence-corrected chi connectivity index (χ2v) is 9.47. The van der Waals surface area contributed by atoms with Gasteiger partial charge in [-0.1, -0.05) is 30.3 Å². The first-order valence-electron chi connectivity index (χ1n) is 9.63. The van der Waals surface area contributed by atoms with Crippen LogP contribution in [0, 0.1) is 12.8 Å². The van der Waals surface area contributed by atoms with Crippen molar-refractivity contribution in [3.05, 3.63) is 59.9 Å². The Hall–Kier alpha value is -2.04. The number of imidazole rings is 1. The number of fused-ring (bicyclic) bond motifs is 1. The Balaban J connectivity index is 1.51. The van der Waals surface area contributed by atoms with Crippen LogP contribution in [0.4, 0.5) is 5.69 Å². The summed E-state index contributed by atoms with van der Waals surface area (Å²) in [4.78, 5) is 19.6. The average Bonchev–Trinajstić information content (AvgIpc) is 2.99. The maximum atomic E-state index is 12.8. The first-order valence-corrected chi connectivity index (χ1v) is 10.4. The minimum absolute atomic E-state index is 0.0540. The second-order valence-electron chi connectivity index (χ2n) is 7.92. The third-order valence-corrected chi connectivity index (χ3v) is 6.86. The summed E-state index contributed by atoms with van der Waals surface area (Å²) in [6.45, 7) is 3.42. The van der Waals surface area contributed by atoms with Gasteiger partial charge in [0.15, 0.2) is 0 Å². The number of hydrogen-bond donors (Lipinski definition) is 0. The van der Waals surface area contributed by atoms with Gasteiger partial charge in [-0.15, -0.1) is 23.2 Å². The lowest BCUT2D eigenvalue weighted by Crippen LogP contribution is -2.25. The molecule has 2 heterocycles. The third kappa shape index (κ3) is 2.99. The Bertz CT molecular complexity index is 1070. The molecule has 6 heteroatoms. The van der Waals surface area contributed by atoms with Gasteiger partial charge in [0.25, 0.3) is 0 Å². The Morgan fingerprint density at radius 1 is 1.14 bits per heavy atom. The summed E-state index contributed by atoms with van der Waals surface area (Å²) in [5, 5.41) is 0. The van der Waals surface area contributed by atoms with Crippen molar-refractivity contribution in [2.24, 2.45) is 5.92 Å². The van der Waals surface area contributed by atoms with Crippen molar-refractivity contribution in [1.29, 1.82) is 0 Å². The van der Waals surface area contributed by atoms with E-state index >= 15 is 0 Å². The van der Waals surface area contributed by atoms with Gasteiger partial charge in [0.05, 0.1) is 11.0 Å². The van der Waals surface area contributed by atoms with E-state index in [-0.39, 0.29) is 17.7 Å². The van der Waals surface area contributed by atoms with E-state index < -0.39 is 4.33 Å². The lowest BCUT2D eigenvalue weighted by atomic mass is 10.1. The van der Waals surface area contributed by atoms with Gasteiger partial charge < -0.3 is 9.47 Å². The fourth-order valence-electron chi connectivity index (χ4n) is 4.27. The number of benzene rings is 2. The molecule has 1 aliphatic heterocycles. The molecule has 0 bridgehead atoms. The van der Waals surface area contributed by atoms with Crippen molar-refractivity contribution in [3.63, 3.8) is 0 Å². The van der Waals surface area contributed by atoms with Crippen molar-refractivity contribution in [2.45, 2.75) is 36.6 Å². The minimum atomic E-state index is -0.638. The lowest BCUT2D eigenvalue weighted by molar-refractivity contribution is -0.117. The number of carbonyl (C=O) groups excluding carboxylic acids is 1. The standard InChI is InChI=1S/C22H21Cl2N3O/c1-14-6-2-4-8-18(14)26-12-15(10-20(26)28)21-25-17-7-3-5-9-19(17)27(21)13-16-11-22(16,23)24/h2-9,15-16H,10-13H2,1H3/t15-,16-/m1/s1. The van der Waals surface area contributed by atoms with Crippen molar-refractivity contribution in [2.75, 3.05) is 11.4 Å². The van der Waals surface area contributed by atoms with Crippen molar-refractivity contribution >= 4 is 45.8 Å². The number of aryl methyl sites for hydroxylation is 1. The molecule has 28 heavy (non-hydrogen) atoms. The topological polar surface area (TPSA) is 38.1 Å². The first-order chi connectivity index (χ1) is 13.4. The van der Waals surface area contributed by atoms with E-state index in [4.69, 9.17) is 28.2 Å². The molecule has 1 saturated heterocycles. The molecular weight excluding hydrogens is 393 g/mol.